The van der Waals surface area contributed by atoms with Gasteiger partial charge in [-0.25, -0.2) is 0 Å². The zero-order valence-corrected chi connectivity index (χ0v) is 20.9. The number of benzene rings is 3. The fraction of sp³-hybridized carbons (Fsp3) is 0.310. The van der Waals surface area contributed by atoms with E-state index in [1.807, 2.05) is 87.5 Å². The first kappa shape index (κ1) is 25.5. The van der Waals surface area contributed by atoms with Crippen molar-refractivity contribution in [3.05, 3.63) is 106 Å². The fourth-order valence-corrected chi connectivity index (χ4v) is 4.10. The van der Waals surface area contributed by atoms with Crippen LogP contribution in [0.15, 0.2) is 78.9 Å². The lowest BCUT2D eigenvalue weighted by atomic mass is 10.00. The van der Waals surface area contributed by atoms with Gasteiger partial charge in [0.2, 0.25) is 11.8 Å². The highest BCUT2D eigenvalue weighted by Gasteiger charge is 2.31. The molecule has 0 aliphatic rings. The minimum atomic E-state index is -0.636. The van der Waals surface area contributed by atoms with Gasteiger partial charge >= 0.3 is 0 Å². The van der Waals surface area contributed by atoms with E-state index in [1.165, 1.54) is 0 Å². The fourth-order valence-electron chi connectivity index (χ4n) is 3.89. The van der Waals surface area contributed by atoms with Crippen molar-refractivity contribution >= 4 is 23.4 Å². The van der Waals surface area contributed by atoms with Gasteiger partial charge in [-0.1, -0.05) is 85.3 Å². The van der Waals surface area contributed by atoms with E-state index in [0.717, 1.165) is 28.7 Å². The van der Waals surface area contributed by atoms with Crippen molar-refractivity contribution in [2.75, 3.05) is 0 Å². The van der Waals surface area contributed by atoms with Crippen molar-refractivity contribution in [3.8, 4) is 0 Å². The summed E-state index contributed by atoms with van der Waals surface area (Å²) in [5.74, 6) is -0.239. The molecular formula is C29H33ClN2O2. The number of nitrogens with one attached hydrogen (secondary N) is 1. The lowest BCUT2D eigenvalue weighted by Crippen LogP contribution is -2.52. The zero-order valence-electron chi connectivity index (χ0n) is 20.1. The summed E-state index contributed by atoms with van der Waals surface area (Å²) in [6, 6.07) is 24.6. The Hall–Kier alpha value is -3.11. The van der Waals surface area contributed by atoms with E-state index in [-0.39, 0.29) is 24.3 Å². The number of halogens is 1. The van der Waals surface area contributed by atoms with Gasteiger partial charge in [-0.3, -0.25) is 9.59 Å². The second kappa shape index (κ2) is 12.4. The molecule has 178 valence electrons. The largest absolute Gasteiger partial charge is 0.352 e. The van der Waals surface area contributed by atoms with Crippen LogP contribution < -0.4 is 5.32 Å². The third kappa shape index (κ3) is 7.19. The molecule has 3 aromatic carbocycles. The van der Waals surface area contributed by atoms with Crippen molar-refractivity contribution in [2.24, 2.45) is 0 Å². The molecule has 0 spiro atoms. The standard InChI is InChI=1S/C29H33ClN2O2/c1-4-22(3)31-29(34)27(18-23-12-6-5-7-13-23)32(20-25-15-9-8-11-21(25)2)28(33)19-24-14-10-16-26(30)17-24/h5-17,22,27H,4,18-20H2,1-3H3,(H,31,34)/t22-,27+/m1/s1. The highest BCUT2D eigenvalue weighted by Crippen LogP contribution is 2.19. The first-order chi connectivity index (χ1) is 16.4. The zero-order chi connectivity index (χ0) is 24.5. The normalized spacial score (nSPS) is 12.6. The number of hydrogen-bond acceptors (Lipinski definition) is 2. The van der Waals surface area contributed by atoms with Crippen LogP contribution in [0.3, 0.4) is 0 Å². The van der Waals surface area contributed by atoms with Crippen LogP contribution in [0.1, 0.15) is 42.5 Å². The highest BCUT2D eigenvalue weighted by atomic mass is 35.5. The van der Waals surface area contributed by atoms with Crippen LogP contribution in [-0.4, -0.2) is 28.8 Å². The molecule has 0 aliphatic carbocycles. The molecule has 0 bridgehead atoms. The van der Waals surface area contributed by atoms with E-state index >= 15 is 0 Å². The van der Waals surface area contributed by atoms with Crippen molar-refractivity contribution in [1.82, 2.24) is 10.2 Å². The van der Waals surface area contributed by atoms with Crippen LogP contribution in [0, 0.1) is 6.92 Å². The van der Waals surface area contributed by atoms with Crippen molar-refractivity contribution in [3.63, 3.8) is 0 Å². The van der Waals surface area contributed by atoms with Crippen molar-refractivity contribution < 1.29 is 9.59 Å². The van der Waals surface area contributed by atoms with Gasteiger partial charge in [0, 0.05) is 24.0 Å². The number of hydrogen-bond donors (Lipinski definition) is 1. The Labute approximate surface area is 207 Å². The van der Waals surface area contributed by atoms with E-state index in [0.29, 0.717) is 18.0 Å². The molecule has 0 fully saturated rings. The Balaban J connectivity index is 1.98. The van der Waals surface area contributed by atoms with Crippen molar-refractivity contribution in [1.29, 1.82) is 0 Å². The smallest absolute Gasteiger partial charge is 0.243 e. The van der Waals surface area contributed by atoms with Gasteiger partial charge in [-0.05, 0) is 54.7 Å². The summed E-state index contributed by atoms with van der Waals surface area (Å²) in [5.41, 5.74) is 3.95. The molecule has 3 rings (SSSR count). The third-order valence-electron chi connectivity index (χ3n) is 6.12. The first-order valence-electron chi connectivity index (χ1n) is 11.8. The second-order valence-corrected chi connectivity index (χ2v) is 9.21. The minimum Gasteiger partial charge on any atom is -0.352 e. The molecule has 2 amide bonds. The Morgan fingerprint density at radius 3 is 2.29 bits per heavy atom. The predicted molar refractivity (Wildman–Crippen MR) is 139 cm³/mol. The van der Waals surface area contributed by atoms with E-state index in [1.54, 1.807) is 17.0 Å². The van der Waals surface area contributed by atoms with E-state index < -0.39 is 6.04 Å². The lowest BCUT2D eigenvalue weighted by molar-refractivity contribution is -0.141. The van der Waals surface area contributed by atoms with Crippen LogP contribution in [-0.2, 0) is 29.0 Å². The second-order valence-electron chi connectivity index (χ2n) is 8.78. The summed E-state index contributed by atoms with van der Waals surface area (Å²) in [6.45, 7) is 6.40. The number of carbonyl (C=O) groups excluding carboxylic acids is 2. The molecule has 5 heteroatoms. The van der Waals surface area contributed by atoms with Crippen LogP contribution in [0.25, 0.3) is 0 Å². The number of aryl methyl sites for hydroxylation is 1. The minimum absolute atomic E-state index is 0.0223. The summed E-state index contributed by atoms with van der Waals surface area (Å²) in [7, 11) is 0. The summed E-state index contributed by atoms with van der Waals surface area (Å²) < 4.78 is 0. The lowest BCUT2D eigenvalue weighted by Gasteiger charge is -2.33. The van der Waals surface area contributed by atoms with Gasteiger partial charge in [0.25, 0.3) is 0 Å². The maximum Gasteiger partial charge on any atom is 0.243 e. The predicted octanol–water partition coefficient (Wildman–Crippen LogP) is 5.75. The van der Waals surface area contributed by atoms with Gasteiger partial charge in [0.1, 0.15) is 6.04 Å². The quantitative estimate of drug-likeness (QED) is 0.405. The number of rotatable bonds is 10. The average molecular weight is 477 g/mol. The average Bonchev–Trinajstić information content (AvgIpc) is 2.82. The van der Waals surface area contributed by atoms with Crippen LogP contribution >= 0.6 is 11.6 Å². The van der Waals surface area contributed by atoms with Gasteiger partial charge in [0.15, 0.2) is 0 Å². The number of nitrogens with zero attached hydrogens (tertiary/aromatic N) is 1. The molecule has 0 saturated carbocycles. The number of carbonyl (C=O) groups is 2. The third-order valence-corrected chi connectivity index (χ3v) is 6.35. The molecule has 0 radical (unpaired) electrons. The van der Waals surface area contributed by atoms with Gasteiger partial charge < -0.3 is 10.2 Å². The van der Waals surface area contributed by atoms with Gasteiger partial charge in [0.05, 0.1) is 6.42 Å². The van der Waals surface area contributed by atoms with Crippen molar-refractivity contribution in [2.45, 2.75) is 58.7 Å². The van der Waals surface area contributed by atoms with Gasteiger partial charge in [-0.15, -0.1) is 0 Å². The van der Waals surface area contributed by atoms with E-state index in [9.17, 15) is 9.59 Å². The molecule has 0 aliphatic heterocycles. The van der Waals surface area contributed by atoms with Crippen LogP contribution in [0.2, 0.25) is 5.02 Å². The molecule has 0 saturated heterocycles. The van der Waals surface area contributed by atoms with E-state index in [4.69, 9.17) is 11.6 Å². The Bertz CT molecular complexity index is 1100. The van der Waals surface area contributed by atoms with Gasteiger partial charge in [-0.2, -0.15) is 0 Å². The molecule has 1 N–H and O–H groups in total. The summed E-state index contributed by atoms with van der Waals surface area (Å²) >= 11 is 6.16. The molecule has 3 aromatic rings. The maximum absolute atomic E-state index is 13.7. The number of amides is 2. The SMILES string of the molecule is CC[C@@H](C)NC(=O)[C@H](Cc1ccccc1)N(Cc1ccccc1C)C(=O)Cc1cccc(Cl)c1. The highest BCUT2D eigenvalue weighted by molar-refractivity contribution is 6.30. The molecule has 0 heterocycles. The summed E-state index contributed by atoms with van der Waals surface area (Å²) in [5, 5.41) is 3.69. The molecule has 34 heavy (non-hydrogen) atoms. The maximum atomic E-state index is 13.7. The van der Waals surface area contributed by atoms with E-state index in [2.05, 4.69) is 5.32 Å². The summed E-state index contributed by atoms with van der Waals surface area (Å²) in [6.07, 6.45) is 1.43. The topological polar surface area (TPSA) is 49.4 Å². The summed E-state index contributed by atoms with van der Waals surface area (Å²) in [4.78, 5) is 29.0. The molecule has 4 nitrogen and oxygen atoms in total. The first-order valence-corrected chi connectivity index (χ1v) is 12.2. The molecular weight excluding hydrogens is 444 g/mol. The molecule has 2 atom stereocenters. The monoisotopic (exact) mass is 476 g/mol. The molecule has 0 aromatic heterocycles. The Morgan fingerprint density at radius 2 is 1.62 bits per heavy atom. The molecule has 0 unspecified atom stereocenters. The van der Waals surface area contributed by atoms with Crippen LogP contribution in [0.5, 0.6) is 0 Å². The Kier molecular flexibility index (Phi) is 9.29. The Morgan fingerprint density at radius 1 is 0.941 bits per heavy atom. The van der Waals surface area contributed by atoms with Crippen LogP contribution in [0.4, 0.5) is 0 Å².